The highest BCUT2D eigenvalue weighted by atomic mass is 32.2. The highest BCUT2D eigenvalue weighted by molar-refractivity contribution is 7.99. The van der Waals surface area contributed by atoms with Gasteiger partial charge in [0.15, 0.2) is 0 Å². The lowest BCUT2D eigenvalue weighted by molar-refractivity contribution is -0.142. The molecule has 0 fully saturated rings. The molecule has 1 aromatic rings. The van der Waals surface area contributed by atoms with E-state index in [1.54, 1.807) is 25.6 Å². The van der Waals surface area contributed by atoms with Crippen LogP contribution < -0.4 is 0 Å². The minimum absolute atomic E-state index is 0.532. The van der Waals surface area contributed by atoms with Crippen LogP contribution in [0.4, 0.5) is 0 Å². The van der Waals surface area contributed by atoms with Gasteiger partial charge in [0.1, 0.15) is 0 Å². The van der Waals surface area contributed by atoms with Crippen molar-refractivity contribution in [1.82, 2.24) is 0 Å². The molecule has 1 aliphatic rings. The van der Waals surface area contributed by atoms with E-state index in [0.717, 1.165) is 11.3 Å². The van der Waals surface area contributed by atoms with Crippen molar-refractivity contribution in [1.29, 1.82) is 0 Å². The molecule has 0 saturated carbocycles. The number of carboxylic acids is 1. The number of fused-ring (bicyclic) bond motifs is 1. The summed E-state index contributed by atoms with van der Waals surface area (Å²) in [6.45, 7) is 5.74. The molecule has 3 heteroatoms. The van der Waals surface area contributed by atoms with Gasteiger partial charge in [-0.15, -0.1) is 11.8 Å². The summed E-state index contributed by atoms with van der Waals surface area (Å²) in [6.07, 6.45) is 0. The number of hydrogen-bond donors (Lipinski definition) is 1. The minimum Gasteiger partial charge on any atom is -0.481 e. The molecular weight excluding hydrogens is 220 g/mol. The SMILES string of the molecule is CC1CSc2c1cccc2C(C)(C)C(=O)O. The summed E-state index contributed by atoms with van der Waals surface area (Å²) in [6, 6.07) is 6.03. The van der Waals surface area contributed by atoms with Crippen LogP contribution in [0.5, 0.6) is 0 Å². The van der Waals surface area contributed by atoms with E-state index in [1.807, 2.05) is 12.1 Å². The van der Waals surface area contributed by atoms with Crippen molar-refractivity contribution in [2.75, 3.05) is 5.75 Å². The summed E-state index contributed by atoms with van der Waals surface area (Å²) in [5, 5.41) is 9.28. The summed E-state index contributed by atoms with van der Waals surface area (Å²) in [7, 11) is 0. The molecule has 1 aliphatic heterocycles. The van der Waals surface area contributed by atoms with E-state index >= 15 is 0 Å². The van der Waals surface area contributed by atoms with Crippen LogP contribution >= 0.6 is 11.8 Å². The molecule has 2 rings (SSSR count). The molecular formula is C13H16O2S. The second-order valence-electron chi connectivity index (χ2n) is 4.87. The van der Waals surface area contributed by atoms with Gasteiger partial charge in [-0.05, 0) is 30.9 Å². The van der Waals surface area contributed by atoms with Gasteiger partial charge in [-0.1, -0.05) is 25.1 Å². The summed E-state index contributed by atoms with van der Waals surface area (Å²) >= 11 is 1.78. The van der Waals surface area contributed by atoms with Crippen molar-refractivity contribution in [3.8, 4) is 0 Å². The van der Waals surface area contributed by atoms with Gasteiger partial charge in [-0.3, -0.25) is 4.79 Å². The van der Waals surface area contributed by atoms with Gasteiger partial charge < -0.3 is 5.11 Å². The van der Waals surface area contributed by atoms with Crippen LogP contribution in [-0.4, -0.2) is 16.8 Å². The summed E-state index contributed by atoms with van der Waals surface area (Å²) < 4.78 is 0. The molecule has 0 bridgehead atoms. The fraction of sp³-hybridized carbons (Fsp3) is 0.462. The molecule has 1 unspecified atom stereocenters. The monoisotopic (exact) mass is 236 g/mol. The fourth-order valence-electron chi connectivity index (χ4n) is 2.01. The summed E-state index contributed by atoms with van der Waals surface area (Å²) in [4.78, 5) is 12.5. The normalized spacial score (nSPS) is 19.6. The standard InChI is InChI=1S/C13H16O2S/c1-8-7-16-11-9(8)5-4-6-10(11)13(2,3)12(14)15/h4-6,8H,7H2,1-3H3,(H,14,15). The Labute approximate surface area is 100 Å². The quantitative estimate of drug-likeness (QED) is 0.856. The zero-order valence-electron chi connectivity index (χ0n) is 9.78. The van der Waals surface area contributed by atoms with E-state index in [-0.39, 0.29) is 0 Å². The van der Waals surface area contributed by atoms with E-state index in [1.165, 1.54) is 10.5 Å². The van der Waals surface area contributed by atoms with E-state index < -0.39 is 11.4 Å². The number of hydrogen-bond acceptors (Lipinski definition) is 2. The second-order valence-corrected chi connectivity index (χ2v) is 5.90. The van der Waals surface area contributed by atoms with Crippen LogP contribution in [0.1, 0.15) is 37.8 Å². The molecule has 86 valence electrons. The number of benzene rings is 1. The summed E-state index contributed by atoms with van der Waals surface area (Å²) in [5.41, 5.74) is 1.45. The third-order valence-corrected chi connectivity index (χ3v) is 4.67. The highest BCUT2D eigenvalue weighted by Gasteiger charge is 2.34. The van der Waals surface area contributed by atoms with Crippen molar-refractivity contribution in [3.05, 3.63) is 29.3 Å². The Bertz CT molecular complexity index is 438. The maximum atomic E-state index is 11.3. The zero-order valence-corrected chi connectivity index (χ0v) is 10.6. The largest absolute Gasteiger partial charge is 0.481 e. The second kappa shape index (κ2) is 3.81. The first-order valence-corrected chi connectivity index (χ1v) is 6.42. The Kier molecular flexibility index (Phi) is 2.74. The number of carbonyl (C=O) groups is 1. The third kappa shape index (κ3) is 1.63. The molecule has 0 radical (unpaired) electrons. The fourth-order valence-corrected chi connectivity index (χ4v) is 3.52. The molecule has 1 N–H and O–H groups in total. The van der Waals surface area contributed by atoms with Crippen LogP contribution in [0.2, 0.25) is 0 Å². The Hall–Kier alpha value is -0.960. The van der Waals surface area contributed by atoms with Gasteiger partial charge >= 0.3 is 5.97 Å². The lowest BCUT2D eigenvalue weighted by Gasteiger charge is -2.22. The molecule has 1 heterocycles. The van der Waals surface area contributed by atoms with Gasteiger partial charge in [0.05, 0.1) is 5.41 Å². The number of aliphatic carboxylic acids is 1. The zero-order chi connectivity index (χ0) is 11.9. The molecule has 16 heavy (non-hydrogen) atoms. The van der Waals surface area contributed by atoms with E-state index in [9.17, 15) is 9.90 Å². The Balaban J connectivity index is 2.56. The number of carboxylic acid groups (broad SMARTS) is 1. The smallest absolute Gasteiger partial charge is 0.313 e. The Morgan fingerprint density at radius 2 is 2.19 bits per heavy atom. The van der Waals surface area contributed by atoms with Gasteiger partial charge in [0.2, 0.25) is 0 Å². The molecule has 0 spiro atoms. The average Bonchev–Trinajstić information content (AvgIpc) is 2.60. The molecule has 0 saturated heterocycles. The summed E-state index contributed by atoms with van der Waals surface area (Å²) in [5.74, 6) is 0.827. The van der Waals surface area contributed by atoms with Crippen LogP contribution in [0.3, 0.4) is 0 Å². The van der Waals surface area contributed by atoms with Crippen molar-refractivity contribution < 1.29 is 9.90 Å². The average molecular weight is 236 g/mol. The van der Waals surface area contributed by atoms with Crippen molar-refractivity contribution in [2.24, 2.45) is 0 Å². The Morgan fingerprint density at radius 1 is 1.50 bits per heavy atom. The number of rotatable bonds is 2. The minimum atomic E-state index is -0.803. The van der Waals surface area contributed by atoms with Crippen LogP contribution in [0, 0.1) is 0 Å². The van der Waals surface area contributed by atoms with Crippen LogP contribution in [-0.2, 0) is 10.2 Å². The molecule has 2 nitrogen and oxygen atoms in total. The lowest BCUT2D eigenvalue weighted by Crippen LogP contribution is -2.29. The maximum Gasteiger partial charge on any atom is 0.313 e. The van der Waals surface area contributed by atoms with Crippen LogP contribution in [0.15, 0.2) is 23.1 Å². The first-order valence-electron chi connectivity index (χ1n) is 5.44. The Morgan fingerprint density at radius 3 is 2.81 bits per heavy atom. The predicted octanol–water partition coefficient (Wildman–Crippen LogP) is 3.26. The van der Waals surface area contributed by atoms with Crippen molar-refractivity contribution in [2.45, 2.75) is 37.0 Å². The van der Waals surface area contributed by atoms with Crippen molar-refractivity contribution in [3.63, 3.8) is 0 Å². The molecule has 1 aromatic carbocycles. The van der Waals surface area contributed by atoms with Gasteiger partial charge in [-0.25, -0.2) is 0 Å². The van der Waals surface area contributed by atoms with E-state index in [4.69, 9.17) is 0 Å². The van der Waals surface area contributed by atoms with Crippen molar-refractivity contribution >= 4 is 17.7 Å². The van der Waals surface area contributed by atoms with Gasteiger partial charge in [0, 0.05) is 10.6 Å². The highest BCUT2D eigenvalue weighted by Crippen LogP contribution is 2.44. The lowest BCUT2D eigenvalue weighted by atomic mass is 9.83. The first-order chi connectivity index (χ1) is 7.44. The topological polar surface area (TPSA) is 37.3 Å². The van der Waals surface area contributed by atoms with E-state index in [2.05, 4.69) is 13.0 Å². The molecule has 0 aromatic heterocycles. The van der Waals surface area contributed by atoms with Gasteiger partial charge in [-0.2, -0.15) is 0 Å². The molecule has 1 atom stereocenters. The molecule has 0 amide bonds. The van der Waals surface area contributed by atoms with Gasteiger partial charge in [0.25, 0.3) is 0 Å². The first kappa shape index (κ1) is 11.5. The number of thioether (sulfide) groups is 1. The maximum absolute atomic E-state index is 11.3. The predicted molar refractivity (Wildman–Crippen MR) is 66.2 cm³/mol. The molecule has 0 aliphatic carbocycles. The van der Waals surface area contributed by atoms with Crippen LogP contribution in [0.25, 0.3) is 0 Å². The van der Waals surface area contributed by atoms with E-state index in [0.29, 0.717) is 5.92 Å². The third-order valence-electron chi connectivity index (χ3n) is 3.26.